The van der Waals surface area contributed by atoms with Crippen molar-refractivity contribution in [2.45, 2.75) is 59.0 Å². The minimum absolute atomic E-state index is 0.0922. The summed E-state index contributed by atoms with van der Waals surface area (Å²) in [6.45, 7) is 6.49. The molecule has 9 heteroatoms. The molecule has 0 bridgehead atoms. The van der Waals surface area contributed by atoms with Crippen molar-refractivity contribution in [2.75, 3.05) is 23.7 Å². The van der Waals surface area contributed by atoms with Crippen LogP contribution in [0, 0.1) is 6.92 Å². The highest BCUT2D eigenvalue weighted by Crippen LogP contribution is 2.23. The number of carbonyl (C=O) groups excluding carboxylic acids is 2. The molecular weight excluding hydrogens is 486 g/mol. The van der Waals surface area contributed by atoms with Crippen LogP contribution in [0.2, 0.25) is 5.02 Å². The third-order valence-corrected chi connectivity index (χ3v) is 7.38. The molecule has 0 aromatic heterocycles. The fourth-order valence-electron chi connectivity index (χ4n) is 3.75. The lowest BCUT2D eigenvalue weighted by molar-refractivity contribution is -0.140. The van der Waals surface area contributed by atoms with Crippen LogP contribution in [0.25, 0.3) is 0 Å². The van der Waals surface area contributed by atoms with Crippen molar-refractivity contribution in [3.05, 3.63) is 64.7 Å². The molecule has 0 aliphatic carbocycles. The van der Waals surface area contributed by atoms with E-state index >= 15 is 0 Å². The Morgan fingerprint density at radius 2 is 1.71 bits per heavy atom. The van der Waals surface area contributed by atoms with Crippen LogP contribution >= 0.6 is 11.6 Å². The van der Waals surface area contributed by atoms with Crippen LogP contribution < -0.4 is 9.62 Å². The third-order valence-electron chi connectivity index (χ3n) is 5.83. The number of aryl methyl sites for hydroxylation is 1. The van der Waals surface area contributed by atoms with Crippen molar-refractivity contribution in [1.29, 1.82) is 0 Å². The first-order chi connectivity index (χ1) is 16.6. The predicted octanol–water partition coefficient (Wildman–Crippen LogP) is 4.53. The molecule has 0 fully saturated rings. The second kappa shape index (κ2) is 13.5. The van der Waals surface area contributed by atoms with E-state index in [1.807, 2.05) is 44.2 Å². The Morgan fingerprint density at radius 1 is 1.06 bits per heavy atom. The largest absolute Gasteiger partial charge is 0.354 e. The molecular formula is C26H36ClN3O4S. The number of anilines is 1. The lowest BCUT2D eigenvalue weighted by atomic mass is 10.1. The van der Waals surface area contributed by atoms with E-state index in [0.29, 0.717) is 23.7 Å². The molecule has 1 N–H and O–H groups in total. The van der Waals surface area contributed by atoms with Crippen LogP contribution in [0.5, 0.6) is 0 Å². The summed E-state index contributed by atoms with van der Waals surface area (Å²) in [6, 6.07) is 13.8. The highest BCUT2D eigenvalue weighted by molar-refractivity contribution is 7.92. The topological polar surface area (TPSA) is 86.8 Å². The molecule has 7 nitrogen and oxygen atoms in total. The van der Waals surface area contributed by atoms with Gasteiger partial charge < -0.3 is 10.2 Å². The first-order valence-corrected chi connectivity index (χ1v) is 14.1. The first-order valence-electron chi connectivity index (χ1n) is 11.9. The average molecular weight is 522 g/mol. The molecule has 2 aromatic carbocycles. The van der Waals surface area contributed by atoms with Gasteiger partial charge in [0, 0.05) is 31.1 Å². The Balaban J connectivity index is 2.16. The number of halogens is 1. The zero-order valence-corrected chi connectivity index (χ0v) is 22.5. The summed E-state index contributed by atoms with van der Waals surface area (Å²) < 4.78 is 26.2. The molecule has 0 aliphatic rings. The molecule has 1 atom stereocenters. The molecule has 0 heterocycles. The van der Waals surface area contributed by atoms with Crippen LogP contribution in [-0.4, -0.2) is 50.5 Å². The van der Waals surface area contributed by atoms with Crippen LogP contribution in [0.15, 0.2) is 48.5 Å². The Kier molecular flexibility index (Phi) is 11.0. The van der Waals surface area contributed by atoms with Crippen molar-refractivity contribution in [3.8, 4) is 0 Å². The smallest absolute Gasteiger partial charge is 0.242 e. The minimum Gasteiger partial charge on any atom is -0.354 e. The lowest BCUT2D eigenvalue weighted by Gasteiger charge is -2.30. The SMILES string of the molecule is CCCCNC(=O)[C@H](C)N(Cc1ccccc1Cl)C(=O)CCCN(c1ccccc1C)S(C)(=O)=O. The van der Waals surface area contributed by atoms with Gasteiger partial charge in [-0.25, -0.2) is 8.42 Å². The number of hydrogen-bond acceptors (Lipinski definition) is 4. The van der Waals surface area contributed by atoms with Gasteiger partial charge in [-0.05, 0) is 49.9 Å². The molecule has 2 aromatic rings. The highest BCUT2D eigenvalue weighted by atomic mass is 35.5. The molecule has 0 saturated heterocycles. The Morgan fingerprint density at radius 3 is 2.34 bits per heavy atom. The van der Waals surface area contributed by atoms with Gasteiger partial charge in [-0.1, -0.05) is 61.3 Å². The van der Waals surface area contributed by atoms with Gasteiger partial charge >= 0.3 is 0 Å². The first kappa shape index (κ1) is 28.7. The van der Waals surface area contributed by atoms with Crippen molar-refractivity contribution >= 4 is 39.1 Å². The van der Waals surface area contributed by atoms with Gasteiger partial charge in [0.25, 0.3) is 0 Å². The third kappa shape index (κ3) is 8.54. The molecule has 192 valence electrons. The van der Waals surface area contributed by atoms with Crippen LogP contribution in [-0.2, 0) is 26.2 Å². The van der Waals surface area contributed by atoms with E-state index in [4.69, 9.17) is 11.6 Å². The van der Waals surface area contributed by atoms with E-state index in [2.05, 4.69) is 5.32 Å². The van der Waals surface area contributed by atoms with E-state index < -0.39 is 16.1 Å². The number of sulfonamides is 1. The molecule has 0 unspecified atom stereocenters. The monoisotopic (exact) mass is 521 g/mol. The van der Waals surface area contributed by atoms with E-state index in [1.165, 1.54) is 9.21 Å². The second-order valence-electron chi connectivity index (χ2n) is 8.66. The van der Waals surface area contributed by atoms with Gasteiger partial charge in [0.1, 0.15) is 6.04 Å². The second-order valence-corrected chi connectivity index (χ2v) is 11.0. The van der Waals surface area contributed by atoms with Crippen LogP contribution in [0.4, 0.5) is 5.69 Å². The van der Waals surface area contributed by atoms with E-state index in [9.17, 15) is 18.0 Å². The summed E-state index contributed by atoms with van der Waals surface area (Å²) in [5.74, 6) is -0.460. The van der Waals surface area contributed by atoms with Crippen molar-refractivity contribution in [3.63, 3.8) is 0 Å². The molecule has 2 amide bonds. The summed E-state index contributed by atoms with van der Waals surface area (Å²) in [4.78, 5) is 27.6. The molecule has 0 radical (unpaired) electrons. The fourth-order valence-corrected chi connectivity index (χ4v) is 4.97. The van der Waals surface area contributed by atoms with Crippen molar-refractivity contribution in [1.82, 2.24) is 10.2 Å². The summed E-state index contributed by atoms with van der Waals surface area (Å²) in [5.41, 5.74) is 2.18. The Bertz CT molecular complexity index is 1110. The standard InChI is InChI=1S/C26H36ClN3O4S/c1-5-6-17-28-26(32)21(3)29(19-22-13-8-9-14-23(22)27)25(31)16-11-18-30(35(4,33)34)24-15-10-7-12-20(24)2/h7-10,12-15,21H,5-6,11,16-19H2,1-4H3,(H,28,32)/t21-/m0/s1. The fraction of sp³-hybridized carbons (Fsp3) is 0.462. The molecule has 35 heavy (non-hydrogen) atoms. The highest BCUT2D eigenvalue weighted by Gasteiger charge is 2.27. The maximum atomic E-state index is 13.3. The molecule has 0 aliphatic heterocycles. The predicted molar refractivity (Wildman–Crippen MR) is 142 cm³/mol. The van der Waals surface area contributed by atoms with Gasteiger partial charge in [0.2, 0.25) is 21.8 Å². The number of hydrogen-bond donors (Lipinski definition) is 1. The number of amides is 2. The zero-order chi connectivity index (χ0) is 26.0. The maximum Gasteiger partial charge on any atom is 0.242 e. The summed E-state index contributed by atoms with van der Waals surface area (Å²) >= 11 is 6.33. The van der Waals surface area contributed by atoms with Crippen molar-refractivity contribution in [2.24, 2.45) is 0 Å². The zero-order valence-electron chi connectivity index (χ0n) is 21.0. The number of carbonyl (C=O) groups is 2. The minimum atomic E-state index is -3.53. The quantitative estimate of drug-likeness (QED) is 0.392. The van der Waals surface area contributed by atoms with Crippen LogP contribution in [0.3, 0.4) is 0 Å². The van der Waals surface area contributed by atoms with Gasteiger partial charge in [-0.15, -0.1) is 0 Å². The number of benzene rings is 2. The maximum absolute atomic E-state index is 13.3. The van der Waals surface area contributed by atoms with Gasteiger partial charge in [0.15, 0.2) is 0 Å². The molecule has 0 spiro atoms. The number of unbranched alkanes of at least 4 members (excludes halogenated alkanes) is 1. The van der Waals surface area contributed by atoms with Gasteiger partial charge in [0.05, 0.1) is 11.9 Å². The van der Waals surface area contributed by atoms with Crippen molar-refractivity contribution < 1.29 is 18.0 Å². The van der Waals surface area contributed by atoms with E-state index in [-0.39, 0.29) is 31.3 Å². The Labute approximate surface area is 214 Å². The number of nitrogens with zero attached hydrogens (tertiary/aromatic N) is 2. The number of rotatable bonds is 13. The molecule has 2 rings (SSSR count). The van der Waals surface area contributed by atoms with E-state index in [1.54, 1.807) is 25.1 Å². The average Bonchev–Trinajstić information content (AvgIpc) is 2.80. The number of para-hydroxylation sites is 1. The van der Waals surface area contributed by atoms with Crippen LogP contribution in [0.1, 0.15) is 50.7 Å². The lowest BCUT2D eigenvalue weighted by Crippen LogP contribution is -2.48. The van der Waals surface area contributed by atoms with E-state index in [0.717, 1.165) is 30.2 Å². The Hall–Kier alpha value is -2.58. The summed E-state index contributed by atoms with van der Waals surface area (Å²) in [7, 11) is -3.53. The summed E-state index contributed by atoms with van der Waals surface area (Å²) in [5, 5.41) is 3.41. The molecule has 0 saturated carbocycles. The van der Waals surface area contributed by atoms with Gasteiger partial charge in [-0.3, -0.25) is 13.9 Å². The number of nitrogens with one attached hydrogen (secondary N) is 1. The van der Waals surface area contributed by atoms with Gasteiger partial charge in [-0.2, -0.15) is 0 Å². The normalized spacial score (nSPS) is 12.1. The summed E-state index contributed by atoms with van der Waals surface area (Å²) in [6.07, 6.45) is 3.37.